The Labute approximate surface area is 111 Å². The maximum Gasteiger partial charge on any atom is 0.323 e. The molecule has 4 heteroatoms. The first kappa shape index (κ1) is 13.0. The number of aromatic nitrogens is 1. The molecule has 0 fully saturated rings. The van der Waals surface area contributed by atoms with Gasteiger partial charge in [0.05, 0.1) is 6.61 Å². The number of nitrogens with one attached hydrogen (secondary N) is 1. The van der Waals surface area contributed by atoms with Crippen LogP contribution in [0.2, 0.25) is 0 Å². The molecule has 0 saturated carbocycles. The number of hydrogen-bond donors (Lipinski definition) is 1. The van der Waals surface area contributed by atoms with E-state index in [-0.39, 0.29) is 11.2 Å². The molecule has 1 atom stereocenters. The van der Waals surface area contributed by atoms with Gasteiger partial charge in [-0.3, -0.25) is 4.79 Å². The Bertz CT molecular complexity index is 562. The van der Waals surface area contributed by atoms with E-state index >= 15 is 0 Å². The van der Waals surface area contributed by atoms with Crippen molar-refractivity contribution >= 4 is 28.6 Å². The molecule has 0 radical (unpaired) electrons. The summed E-state index contributed by atoms with van der Waals surface area (Å²) in [4.78, 5) is 15.2. The largest absolute Gasteiger partial charge is 0.465 e. The predicted octanol–water partition coefficient (Wildman–Crippen LogP) is 3.44. The fourth-order valence-corrected chi connectivity index (χ4v) is 2.87. The first-order valence-corrected chi connectivity index (χ1v) is 7.23. The Kier molecular flexibility index (Phi) is 3.97. The number of H-pyrrole nitrogens is 1. The van der Waals surface area contributed by atoms with E-state index in [1.54, 1.807) is 0 Å². The molecule has 1 unspecified atom stereocenters. The van der Waals surface area contributed by atoms with Crippen molar-refractivity contribution in [3.8, 4) is 0 Å². The highest BCUT2D eigenvalue weighted by Gasteiger charge is 2.24. The van der Waals surface area contributed by atoms with Crippen molar-refractivity contribution in [2.24, 2.45) is 0 Å². The summed E-state index contributed by atoms with van der Waals surface area (Å²) in [6, 6.07) is 6.09. The molecular weight excluding hydrogens is 246 g/mol. The van der Waals surface area contributed by atoms with Crippen LogP contribution >= 0.6 is 11.8 Å². The van der Waals surface area contributed by atoms with Gasteiger partial charge in [-0.1, -0.05) is 12.1 Å². The predicted molar refractivity (Wildman–Crippen MR) is 75.9 cm³/mol. The van der Waals surface area contributed by atoms with Gasteiger partial charge in [0.1, 0.15) is 5.25 Å². The number of benzene rings is 1. The quantitative estimate of drug-likeness (QED) is 0.859. The molecule has 18 heavy (non-hydrogen) atoms. The SMILES string of the molecule is CCOC(=O)C(SC)c1c[nH]c2cccc(C)c12. The normalized spacial score (nSPS) is 12.6. The van der Waals surface area contributed by atoms with Crippen LogP contribution in [0.5, 0.6) is 0 Å². The van der Waals surface area contributed by atoms with Gasteiger partial charge in [-0.2, -0.15) is 0 Å². The van der Waals surface area contributed by atoms with Gasteiger partial charge < -0.3 is 9.72 Å². The molecule has 1 heterocycles. The second-order valence-corrected chi connectivity index (χ2v) is 5.05. The fourth-order valence-electron chi connectivity index (χ4n) is 2.17. The van der Waals surface area contributed by atoms with Crippen molar-refractivity contribution in [2.45, 2.75) is 19.1 Å². The van der Waals surface area contributed by atoms with E-state index in [0.29, 0.717) is 6.61 Å². The number of carbonyl (C=O) groups is 1. The second kappa shape index (κ2) is 5.48. The van der Waals surface area contributed by atoms with Crippen LogP contribution in [0.3, 0.4) is 0 Å². The van der Waals surface area contributed by atoms with Gasteiger partial charge in [-0.25, -0.2) is 0 Å². The number of aromatic amines is 1. The second-order valence-electron chi connectivity index (χ2n) is 4.11. The van der Waals surface area contributed by atoms with E-state index in [2.05, 4.69) is 18.0 Å². The smallest absolute Gasteiger partial charge is 0.323 e. The summed E-state index contributed by atoms with van der Waals surface area (Å²) in [5, 5.41) is 0.865. The summed E-state index contributed by atoms with van der Waals surface area (Å²) in [6.45, 7) is 4.30. The van der Waals surface area contributed by atoms with Crippen LogP contribution in [0, 0.1) is 6.92 Å². The van der Waals surface area contributed by atoms with E-state index in [1.807, 2.05) is 31.5 Å². The number of fused-ring (bicyclic) bond motifs is 1. The Morgan fingerprint density at radius 1 is 1.50 bits per heavy atom. The molecular formula is C14H17NO2S. The topological polar surface area (TPSA) is 42.1 Å². The zero-order chi connectivity index (χ0) is 13.1. The van der Waals surface area contributed by atoms with Gasteiger partial charge in [0, 0.05) is 22.7 Å². The molecule has 0 amide bonds. The summed E-state index contributed by atoms with van der Waals surface area (Å²) in [7, 11) is 0. The van der Waals surface area contributed by atoms with Crippen LogP contribution in [0.25, 0.3) is 10.9 Å². The highest BCUT2D eigenvalue weighted by Crippen LogP contribution is 2.34. The van der Waals surface area contributed by atoms with Crippen molar-refractivity contribution in [1.82, 2.24) is 4.98 Å². The number of aryl methyl sites for hydroxylation is 1. The number of thioether (sulfide) groups is 1. The minimum absolute atomic E-state index is 0.172. The zero-order valence-electron chi connectivity index (χ0n) is 10.8. The van der Waals surface area contributed by atoms with Crippen LogP contribution in [-0.2, 0) is 9.53 Å². The third-order valence-corrected chi connectivity index (χ3v) is 3.88. The van der Waals surface area contributed by atoms with Gasteiger partial charge >= 0.3 is 5.97 Å². The van der Waals surface area contributed by atoms with E-state index in [0.717, 1.165) is 16.5 Å². The molecule has 0 spiro atoms. The lowest BCUT2D eigenvalue weighted by atomic mass is 10.1. The molecule has 2 rings (SSSR count). The van der Waals surface area contributed by atoms with E-state index in [4.69, 9.17) is 4.74 Å². The van der Waals surface area contributed by atoms with Crippen LogP contribution < -0.4 is 0 Å². The molecule has 2 aromatic rings. The van der Waals surface area contributed by atoms with Crippen LogP contribution in [0.1, 0.15) is 23.3 Å². The number of rotatable bonds is 4. The minimum atomic E-state index is -0.264. The maximum absolute atomic E-state index is 12.0. The van der Waals surface area contributed by atoms with E-state index in [9.17, 15) is 4.79 Å². The lowest BCUT2D eigenvalue weighted by Crippen LogP contribution is -2.12. The molecule has 3 nitrogen and oxygen atoms in total. The van der Waals surface area contributed by atoms with E-state index in [1.165, 1.54) is 17.3 Å². The average molecular weight is 263 g/mol. The van der Waals surface area contributed by atoms with Crippen molar-refractivity contribution in [1.29, 1.82) is 0 Å². The van der Waals surface area contributed by atoms with Crippen LogP contribution in [0.4, 0.5) is 0 Å². The fraction of sp³-hybridized carbons (Fsp3) is 0.357. The molecule has 1 aromatic heterocycles. The van der Waals surface area contributed by atoms with Gasteiger partial charge in [0.25, 0.3) is 0 Å². The Hall–Kier alpha value is -1.42. The van der Waals surface area contributed by atoms with Gasteiger partial charge in [0.2, 0.25) is 0 Å². The summed E-state index contributed by atoms with van der Waals surface area (Å²) < 4.78 is 5.13. The summed E-state index contributed by atoms with van der Waals surface area (Å²) in [5.74, 6) is -0.172. The Morgan fingerprint density at radius 2 is 2.28 bits per heavy atom. The summed E-state index contributed by atoms with van der Waals surface area (Å²) in [5.41, 5.74) is 3.24. The molecule has 0 aliphatic carbocycles. The third kappa shape index (κ3) is 2.25. The number of esters is 1. The molecule has 96 valence electrons. The maximum atomic E-state index is 12.0. The lowest BCUT2D eigenvalue weighted by Gasteiger charge is -2.13. The highest BCUT2D eigenvalue weighted by atomic mass is 32.2. The highest BCUT2D eigenvalue weighted by molar-refractivity contribution is 7.99. The van der Waals surface area contributed by atoms with Gasteiger partial charge in [-0.15, -0.1) is 11.8 Å². The van der Waals surface area contributed by atoms with Crippen molar-refractivity contribution in [3.05, 3.63) is 35.5 Å². The Morgan fingerprint density at radius 3 is 2.94 bits per heavy atom. The van der Waals surface area contributed by atoms with Gasteiger partial charge in [-0.05, 0) is 31.7 Å². The molecule has 0 bridgehead atoms. The Balaban J connectivity index is 2.49. The summed E-state index contributed by atoms with van der Waals surface area (Å²) >= 11 is 1.50. The third-order valence-electron chi connectivity index (χ3n) is 2.96. The molecule has 1 N–H and O–H groups in total. The van der Waals surface area contributed by atoms with Crippen LogP contribution in [-0.4, -0.2) is 23.8 Å². The number of carbonyl (C=O) groups excluding carboxylic acids is 1. The first-order valence-electron chi connectivity index (χ1n) is 5.95. The lowest BCUT2D eigenvalue weighted by molar-refractivity contribution is -0.142. The summed E-state index contributed by atoms with van der Waals surface area (Å²) in [6.07, 6.45) is 3.84. The first-order chi connectivity index (χ1) is 8.69. The van der Waals surface area contributed by atoms with Crippen LogP contribution in [0.15, 0.2) is 24.4 Å². The van der Waals surface area contributed by atoms with Crippen molar-refractivity contribution in [3.63, 3.8) is 0 Å². The molecule has 0 saturated heterocycles. The van der Waals surface area contributed by atoms with Crippen molar-refractivity contribution < 1.29 is 9.53 Å². The number of ether oxygens (including phenoxy) is 1. The number of hydrogen-bond acceptors (Lipinski definition) is 3. The standard InChI is InChI=1S/C14H17NO2S/c1-4-17-14(16)13(18-3)10-8-15-11-7-5-6-9(2)12(10)11/h5-8,13,15H,4H2,1-3H3. The van der Waals surface area contributed by atoms with Gasteiger partial charge in [0.15, 0.2) is 0 Å². The molecule has 0 aliphatic heterocycles. The van der Waals surface area contributed by atoms with E-state index < -0.39 is 0 Å². The molecule has 1 aromatic carbocycles. The monoisotopic (exact) mass is 263 g/mol. The van der Waals surface area contributed by atoms with Crippen molar-refractivity contribution in [2.75, 3.05) is 12.9 Å². The average Bonchev–Trinajstić information content (AvgIpc) is 2.76. The zero-order valence-corrected chi connectivity index (χ0v) is 11.6. The minimum Gasteiger partial charge on any atom is -0.465 e. The molecule has 0 aliphatic rings.